The van der Waals surface area contributed by atoms with Gasteiger partial charge in [0.1, 0.15) is 0 Å². The van der Waals surface area contributed by atoms with Crippen LogP contribution in [0.5, 0.6) is 0 Å². The fourth-order valence-corrected chi connectivity index (χ4v) is 1.74. The monoisotopic (exact) mass is 231 g/mol. The third kappa shape index (κ3) is 7.17. The number of methoxy groups -OCH3 is 1. The Morgan fingerprint density at radius 3 is 2.94 bits per heavy atom. The van der Waals surface area contributed by atoms with E-state index in [1.807, 2.05) is 0 Å². The van der Waals surface area contributed by atoms with Crippen LogP contribution in [-0.4, -0.2) is 52.7 Å². The fraction of sp³-hybridized carbons (Fsp3) is 1.00. The number of nitrogens with one attached hydrogen (secondary N) is 1. The number of unbranched alkanes of at least 4 members (excludes halogenated alkanes) is 1. The molecule has 0 spiro atoms. The molecule has 4 heteroatoms. The van der Waals surface area contributed by atoms with Gasteiger partial charge in [-0.2, -0.15) is 0 Å². The first-order chi connectivity index (χ1) is 7.93. The topological polar surface area (TPSA) is 39.7 Å². The van der Waals surface area contributed by atoms with Gasteiger partial charge in [-0.05, 0) is 32.2 Å². The Morgan fingerprint density at radius 1 is 1.25 bits per heavy atom. The molecule has 0 aromatic carbocycles. The molecule has 1 rings (SSSR count). The van der Waals surface area contributed by atoms with Crippen LogP contribution in [0.15, 0.2) is 0 Å². The molecular weight excluding hydrogens is 206 g/mol. The Kier molecular flexibility index (Phi) is 8.71. The summed E-state index contributed by atoms with van der Waals surface area (Å²) in [7, 11) is 1.72. The maximum atomic E-state index is 5.57. The molecule has 1 unspecified atom stereocenters. The zero-order chi connectivity index (χ0) is 11.5. The number of hydrogen-bond donors (Lipinski definition) is 1. The van der Waals surface area contributed by atoms with Crippen molar-refractivity contribution < 1.29 is 14.2 Å². The Labute approximate surface area is 98.6 Å². The van der Waals surface area contributed by atoms with Crippen molar-refractivity contribution in [3.05, 3.63) is 0 Å². The fourth-order valence-electron chi connectivity index (χ4n) is 1.74. The lowest BCUT2D eigenvalue weighted by Gasteiger charge is -2.10. The van der Waals surface area contributed by atoms with Crippen LogP contribution in [-0.2, 0) is 14.2 Å². The SMILES string of the molecule is COCCNCCCCOCC1CCCO1. The third-order valence-electron chi connectivity index (χ3n) is 2.70. The minimum atomic E-state index is 0.361. The summed E-state index contributed by atoms with van der Waals surface area (Å²) in [6.07, 6.45) is 5.00. The molecule has 1 fully saturated rings. The molecule has 1 atom stereocenters. The first-order valence-corrected chi connectivity index (χ1v) is 6.32. The van der Waals surface area contributed by atoms with E-state index in [2.05, 4.69) is 5.32 Å². The van der Waals surface area contributed by atoms with Gasteiger partial charge in [0.25, 0.3) is 0 Å². The molecule has 1 aliphatic rings. The van der Waals surface area contributed by atoms with Crippen molar-refractivity contribution in [1.82, 2.24) is 5.32 Å². The van der Waals surface area contributed by atoms with Gasteiger partial charge in [0.2, 0.25) is 0 Å². The van der Waals surface area contributed by atoms with E-state index in [0.29, 0.717) is 6.10 Å². The average Bonchev–Trinajstić information content (AvgIpc) is 2.80. The molecule has 0 aromatic rings. The first kappa shape index (κ1) is 13.9. The molecule has 0 radical (unpaired) electrons. The molecular formula is C12H25NO3. The summed E-state index contributed by atoms with van der Waals surface area (Å²) in [4.78, 5) is 0. The Bertz CT molecular complexity index is 149. The standard InChI is InChI=1S/C12H25NO3/c1-14-10-7-13-6-2-3-8-15-11-12-5-4-9-16-12/h12-13H,2-11H2,1H3. The highest BCUT2D eigenvalue weighted by Crippen LogP contribution is 2.11. The molecule has 1 aliphatic heterocycles. The second-order valence-corrected chi connectivity index (χ2v) is 4.16. The van der Waals surface area contributed by atoms with E-state index in [-0.39, 0.29) is 0 Å². The van der Waals surface area contributed by atoms with Gasteiger partial charge in [-0.1, -0.05) is 0 Å². The van der Waals surface area contributed by atoms with Crippen LogP contribution in [0.4, 0.5) is 0 Å². The summed E-state index contributed by atoms with van der Waals surface area (Å²) in [5.74, 6) is 0. The molecule has 1 N–H and O–H groups in total. The molecule has 16 heavy (non-hydrogen) atoms. The highest BCUT2D eigenvalue weighted by Gasteiger charge is 2.14. The molecule has 4 nitrogen and oxygen atoms in total. The number of hydrogen-bond acceptors (Lipinski definition) is 4. The van der Waals surface area contributed by atoms with Gasteiger partial charge in [-0.15, -0.1) is 0 Å². The predicted octanol–water partition coefficient (Wildman–Crippen LogP) is 1.20. The maximum absolute atomic E-state index is 5.57. The van der Waals surface area contributed by atoms with Gasteiger partial charge in [-0.3, -0.25) is 0 Å². The van der Waals surface area contributed by atoms with Crippen molar-refractivity contribution in [2.24, 2.45) is 0 Å². The van der Waals surface area contributed by atoms with Crippen LogP contribution in [0, 0.1) is 0 Å². The summed E-state index contributed by atoms with van der Waals surface area (Å²) in [6.45, 7) is 5.32. The third-order valence-corrected chi connectivity index (χ3v) is 2.70. The van der Waals surface area contributed by atoms with Gasteiger partial charge in [-0.25, -0.2) is 0 Å². The normalized spacial score (nSPS) is 20.4. The Morgan fingerprint density at radius 2 is 2.19 bits per heavy atom. The summed E-state index contributed by atoms with van der Waals surface area (Å²) in [6, 6.07) is 0. The van der Waals surface area contributed by atoms with Crippen molar-refractivity contribution in [2.45, 2.75) is 31.8 Å². The molecule has 0 aliphatic carbocycles. The molecule has 1 saturated heterocycles. The second kappa shape index (κ2) is 10.0. The lowest BCUT2D eigenvalue weighted by atomic mass is 10.2. The van der Waals surface area contributed by atoms with E-state index in [1.54, 1.807) is 7.11 Å². The second-order valence-electron chi connectivity index (χ2n) is 4.16. The minimum Gasteiger partial charge on any atom is -0.383 e. The van der Waals surface area contributed by atoms with Crippen molar-refractivity contribution in [2.75, 3.05) is 46.6 Å². The van der Waals surface area contributed by atoms with E-state index in [9.17, 15) is 0 Å². The lowest BCUT2D eigenvalue weighted by Crippen LogP contribution is -2.20. The van der Waals surface area contributed by atoms with Crippen molar-refractivity contribution in [1.29, 1.82) is 0 Å². The molecule has 0 amide bonds. The van der Waals surface area contributed by atoms with Crippen LogP contribution in [0.3, 0.4) is 0 Å². The van der Waals surface area contributed by atoms with Crippen LogP contribution >= 0.6 is 0 Å². The van der Waals surface area contributed by atoms with E-state index >= 15 is 0 Å². The quantitative estimate of drug-likeness (QED) is 0.573. The Hall–Kier alpha value is -0.160. The largest absolute Gasteiger partial charge is 0.383 e. The molecule has 1 heterocycles. The van der Waals surface area contributed by atoms with E-state index in [0.717, 1.165) is 52.4 Å². The average molecular weight is 231 g/mol. The maximum Gasteiger partial charge on any atom is 0.0809 e. The summed E-state index contributed by atoms with van der Waals surface area (Å²) in [5, 5.41) is 3.31. The van der Waals surface area contributed by atoms with Crippen LogP contribution < -0.4 is 5.32 Å². The summed E-state index contributed by atoms with van der Waals surface area (Å²) >= 11 is 0. The first-order valence-electron chi connectivity index (χ1n) is 6.32. The Balaban J connectivity index is 1.71. The van der Waals surface area contributed by atoms with Gasteiger partial charge >= 0.3 is 0 Å². The van der Waals surface area contributed by atoms with Gasteiger partial charge < -0.3 is 19.5 Å². The summed E-state index contributed by atoms with van der Waals surface area (Å²) < 4.78 is 16.0. The van der Waals surface area contributed by atoms with Crippen molar-refractivity contribution >= 4 is 0 Å². The molecule has 0 saturated carbocycles. The zero-order valence-electron chi connectivity index (χ0n) is 10.4. The summed E-state index contributed by atoms with van der Waals surface area (Å²) in [5.41, 5.74) is 0. The molecule has 0 aromatic heterocycles. The zero-order valence-corrected chi connectivity index (χ0v) is 10.4. The highest BCUT2D eigenvalue weighted by atomic mass is 16.5. The van der Waals surface area contributed by atoms with E-state index in [1.165, 1.54) is 12.8 Å². The van der Waals surface area contributed by atoms with Gasteiger partial charge in [0.15, 0.2) is 0 Å². The van der Waals surface area contributed by atoms with Gasteiger partial charge in [0.05, 0.1) is 19.3 Å². The number of ether oxygens (including phenoxy) is 3. The van der Waals surface area contributed by atoms with E-state index in [4.69, 9.17) is 14.2 Å². The number of rotatable bonds is 10. The van der Waals surface area contributed by atoms with Gasteiger partial charge in [0, 0.05) is 26.9 Å². The van der Waals surface area contributed by atoms with Crippen LogP contribution in [0.2, 0.25) is 0 Å². The van der Waals surface area contributed by atoms with Crippen molar-refractivity contribution in [3.63, 3.8) is 0 Å². The van der Waals surface area contributed by atoms with Crippen LogP contribution in [0.1, 0.15) is 25.7 Å². The van der Waals surface area contributed by atoms with Crippen molar-refractivity contribution in [3.8, 4) is 0 Å². The minimum absolute atomic E-state index is 0.361. The van der Waals surface area contributed by atoms with E-state index < -0.39 is 0 Å². The van der Waals surface area contributed by atoms with Crippen LogP contribution in [0.25, 0.3) is 0 Å². The molecule has 0 bridgehead atoms. The smallest absolute Gasteiger partial charge is 0.0809 e. The predicted molar refractivity (Wildman–Crippen MR) is 63.8 cm³/mol. The lowest BCUT2D eigenvalue weighted by molar-refractivity contribution is 0.0162. The highest BCUT2D eigenvalue weighted by molar-refractivity contribution is 4.63. The molecule has 96 valence electrons.